The number of hydrogen-bond donors (Lipinski definition) is 1. The molecule has 1 amide bonds. The minimum absolute atomic E-state index is 0.0448. The Morgan fingerprint density at radius 3 is 2.13 bits per heavy atom. The van der Waals surface area contributed by atoms with Crippen LogP contribution < -0.4 is 10.1 Å². The Balaban J connectivity index is 1.65. The number of benzene rings is 2. The van der Waals surface area contributed by atoms with Crippen molar-refractivity contribution in [1.29, 1.82) is 0 Å². The zero-order valence-corrected chi connectivity index (χ0v) is 16.3. The van der Waals surface area contributed by atoms with Crippen molar-refractivity contribution in [3.05, 3.63) is 76.5 Å². The fourth-order valence-corrected chi connectivity index (χ4v) is 4.26. The van der Waals surface area contributed by atoms with Gasteiger partial charge in [0.25, 0.3) is 0 Å². The number of halogens is 3. The van der Waals surface area contributed by atoms with Crippen molar-refractivity contribution in [1.82, 2.24) is 5.32 Å². The van der Waals surface area contributed by atoms with Crippen LogP contribution in [0.3, 0.4) is 0 Å². The Bertz CT molecular complexity index is 1010. The Morgan fingerprint density at radius 2 is 1.53 bits per heavy atom. The summed E-state index contributed by atoms with van der Waals surface area (Å²) in [5.41, 5.74) is 1.85. The van der Waals surface area contributed by atoms with Crippen LogP contribution in [0.4, 0.5) is 13.2 Å². The first-order chi connectivity index (χ1) is 14.3. The highest BCUT2D eigenvalue weighted by Crippen LogP contribution is 2.43. The van der Waals surface area contributed by atoms with Crippen LogP contribution >= 0.6 is 0 Å². The van der Waals surface area contributed by atoms with E-state index in [4.69, 9.17) is 4.74 Å². The molecule has 0 saturated heterocycles. The standard InChI is InChI=1S/C23H20F3NO3/c1-30-17-8-4-13(5-9-17)15-10-19-22(20(28)11-15)18(12-21(29)27-19)14-2-6-16(7-3-14)23(24,25)26/h2-9,15,18H,10-12H2,1H3,(H,27,29). The average Bonchev–Trinajstić information content (AvgIpc) is 2.72. The molecule has 2 aromatic carbocycles. The van der Waals surface area contributed by atoms with Gasteiger partial charge in [-0.2, -0.15) is 13.2 Å². The lowest BCUT2D eigenvalue weighted by Gasteiger charge is -2.34. The van der Waals surface area contributed by atoms with E-state index in [0.717, 1.165) is 17.7 Å². The van der Waals surface area contributed by atoms with E-state index in [1.165, 1.54) is 12.1 Å². The monoisotopic (exact) mass is 415 g/mol. The van der Waals surface area contributed by atoms with Gasteiger partial charge in [0.2, 0.25) is 5.91 Å². The first-order valence-electron chi connectivity index (χ1n) is 9.63. The number of methoxy groups -OCH3 is 1. The van der Waals surface area contributed by atoms with E-state index in [-0.39, 0.29) is 30.4 Å². The Labute approximate surface area is 171 Å². The maximum absolute atomic E-state index is 13.0. The molecule has 7 heteroatoms. The first kappa shape index (κ1) is 20.2. The topological polar surface area (TPSA) is 55.4 Å². The third-order valence-electron chi connectivity index (χ3n) is 5.76. The molecule has 0 spiro atoms. The van der Waals surface area contributed by atoms with Gasteiger partial charge in [0.15, 0.2) is 5.78 Å². The van der Waals surface area contributed by atoms with E-state index >= 15 is 0 Å². The second-order valence-corrected chi connectivity index (χ2v) is 7.62. The molecule has 30 heavy (non-hydrogen) atoms. The molecule has 1 N–H and O–H groups in total. The zero-order chi connectivity index (χ0) is 21.5. The van der Waals surface area contributed by atoms with Gasteiger partial charge < -0.3 is 10.1 Å². The molecule has 0 aromatic heterocycles. The minimum Gasteiger partial charge on any atom is -0.497 e. The number of ether oxygens (including phenoxy) is 1. The molecule has 0 fully saturated rings. The van der Waals surface area contributed by atoms with E-state index in [1.54, 1.807) is 7.11 Å². The fourth-order valence-electron chi connectivity index (χ4n) is 4.26. The number of alkyl halides is 3. The summed E-state index contributed by atoms with van der Waals surface area (Å²) in [5.74, 6) is -0.202. The van der Waals surface area contributed by atoms with Gasteiger partial charge in [0, 0.05) is 30.0 Å². The molecule has 0 saturated carbocycles. The molecule has 2 atom stereocenters. The molecule has 2 aliphatic rings. The first-order valence-corrected chi connectivity index (χ1v) is 9.63. The molecule has 1 aliphatic carbocycles. The van der Waals surface area contributed by atoms with Crippen molar-refractivity contribution in [3.8, 4) is 5.75 Å². The zero-order valence-electron chi connectivity index (χ0n) is 16.3. The van der Waals surface area contributed by atoms with Crippen LogP contribution in [-0.4, -0.2) is 18.8 Å². The van der Waals surface area contributed by atoms with Crippen molar-refractivity contribution in [2.45, 2.75) is 37.3 Å². The number of carbonyl (C=O) groups is 2. The molecular weight excluding hydrogens is 395 g/mol. The van der Waals surface area contributed by atoms with Gasteiger partial charge in [-0.05, 0) is 47.7 Å². The third-order valence-corrected chi connectivity index (χ3v) is 5.76. The normalized spacial score (nSPS) is 21.9. The summed E-state index contributed by atoms with van der Waals surface area (Å²) in [6.07, 6.45) is -3.60. The minimum atomic E-state index is -4.43. The van der Waals surface area contributed by atoms with Gasteiger partial charge in [-0.3, -0.25) is 9.59 Å². The molecule has 156 valence electrons. The fraction of sp³-hybridized carbons (Fsp3) is 0.304. The van der Waals surface area contributed by atoms with Crippen LogP contribution in [0.15, 0.2) is 59.8 Å². The summed E-state index contributed by atoms with van der Waals surface area (Å²) in [6.45, 7) is 0. The predicted molar refractivity (Wildman–Crippen MR) is 104 cm³/mol. The van der Waals surface area contributed by atoms with Crippen molar-refractivity contribution in [3.63, 3.8) is 0 Å². The number of nitrogens with one attached hydrogen (secondary N) is 1. The van der Waals surface area contributed by atoms with E-state index in [0.29, 0.717) is 29.0 Å². The van der Waals surface area contributed by atoms with Crippen LogP contribution in [0, 0.1) is 0 Å². The lowest BCUT2D eigenvalue weighted by atomic mass is 9.73. The number of ketones is 1. The highest BCUT2D eigenvalue weighted by atomic mass is 19.4. The van der Waals surface area contributed by atoms with E-state index < -0.39 is 17.7 Å². The number of amides is 1. The average molecular weight is 415 g/mol. The summed E-state index contributed by atoms with van der Waals surface area (Å²) in [6, 6.07) is 12.2. The lowest BCUT2D eigenvalue weighted by molar-refractivity contribution is -0.137. The van der Waals surface area contributed by atoms with Crippen molar-refractivity contribution in [2.24, 2.45) is 0 Å². The van der Waals surface area contributed by atoms with E-state index in [1.807, 2.05) is 24.3 Å². The van der Waals surface area contributed by atoms with E-state index in [2.05, 4.69) is 5.32 Å². The maximum atomic E-state index is 13.0. The van der Waals surface area contributed by atoms with Gasteiger partial charge in [-0.25, -0.2) is 0 Å². The highest BCUT2D eigenvalue weighted by molar-refractivity contribution is 6.02. The van der Waals surface area contributed by atoms with Crippen LogP contribution in [0.2, 0.25) is 0 Å². The predicted octanol–water partition coefficient (Wildman–Crippen LogP) is 4.72. The number of allylic oxidation sites excluding steroid dienone is 2. The van der Waals surface area contributed by atoms with Gasteiger partial charge in [-0.1, -0.05) is 24.3 Å². The highest BCUT2D eigenvalue weighted by Gasteiger charge is 2.38. The van der Waals surface area contributed by atoms with Crippen LogP contribution in [0.25, 0.3) is 0 Å². The molecule has 1 heterocycles. The third kappa shape index (κ3) is 3.84. The van der Waals surface area contributed by atoms with Crippen LogP contribution in [0.1, 0.15) is 47.8 Å². The second kappa shape index (κ2) is 7.63. The molecule has 0 radical (unpaired) electrons. The van der Waals surface area contributed by atoms with Crippen LogP contribution in [-0.2, 0) is 15.8 Å². The number of Topliss-reactive ketones (excluding diaryl/α,β-unsaturated/α-hetero) is 1. The quantitative estimate of drug-likeness (QED) is 0.789. The molecule has 2 aromatic rings. The lowest BCUT2D eigenvalue weighted by Crippen LogP contribution is -2.38. The molecule has 4 nitrogen and oxygen atoms in total. The summed E-state index contributed by atoms with van der Waals surface area (Å²) in [5, 5.41) is 2.82. The van der Waals surface area contributed by atoms with Gasteiger partial charge in [0.1, 0.15) is 5.75 Å². The summed E-state index contributed by atoms with van der Waals surface area (Å²) in [7, 11) is 1.58. The van der Waals surface area contributed by atoms with Crippen LogP contribution in [0.5, 0.6) is 5.75 Å². The van der Waals surface area contributed by atoms with Gasteiger partial charge >= 0.3 is 6.18 Å². The summed E-state index contributed by atoms with van der Waals surface area (Å²) in [4.78, 5) is 25.3. The molecule has 0 bridgehead atoms. The van der Waals surface area contributed by atoms with Crippen molar-refractivity contribution in [2.75, 3.05) is 7.11 Å². The van der Waals surface area contributed by atoms with Gasteiger partial charge in [-0.15, -0.1) is 0 Å². The Kier molecular flexibility index (Phi) is 5.13. The van der Waals surface area contributed by atoms with Crippen molar-refractivity contribution < 1.29 is 27.5 Å². The SMILES string of the molecule is COc1ccc(C2CC(=O)C3=C(C2)NC(=O)CC3c2ccc(C(F)(F)F)cc2)cc1. The van der Waals surface area contributed by atoms with Crippen molar-refractivity contribution >= 4 is 11.7 Å². The maximum Gasteiger partial charge on any atom is 0.416 e. The molecule has 1 aliphatic heterocycles. The largest absolute Gasteiger partial charge is 0.497 e. The number of hydrogen-bond acceptors (Lipinski definition) is 3. The smallest absolute Gasteiger partial charge is 0.416 e. The number of carbonyl (C=O) groups excluding carboxylic acids is 2. The Hall–Kier alpha value is -3.09. The molecule has 2 unspecified atom stereocenters. The summed E-state index contributed by atoms with van der Waals surface area (Å²) < 4.78 is 43.8. The summed E-state index contributed by atoms with van der Waals surface area (Å²) >= 11 is 0. The molecule has 4 rings (SSSR count). The molecular formula is C23H20F3NO3. The Morgan fingerprint density at radius 1 is 0.900 bits per heavy atom. The van der Waals surface area contributed by atoms with E-state index in [9.17, 15) is 22.8 Å². The van der Waals surface area contributed by atoms with Gasteiger partial charge in [0.05, 0.1) is 12.7 Å². The number of rotatable bonds is 3. The second-order valence-electron chi connectivity index (χ2n) is 7.62.